The summed E-state index contributed by atoms with van der Waals surface area (Å²) in [7, 11) is 0. The largest absolute Gasteiger partial charge is 0.352 e. The first-order valence-corrected chi connectivity index (χ1v) is 7.60. The maximum Gasteiger partial charge on any atom is 0.226 e. The lowest BCUT2D eigenvalue weighted by Gasteiger charge is -2.04. The summed E-state index contributed by atoms with van der Waals surface area (Å²) >= 11 is 6.00. The number of hydrogen-bond acceptors (Lipinski definition) is 2. The quantitative estimate of drug-likeness (QED) is 0.923. The van der Waals surface area contributed by atoms with Crippen molar-refractivity contribution in [3.63, 3.8) is 0 Å². The fraction of sp³-hybridized carbons (Fsp3) is 0.375. The second kappa shape index (κ2) is 5.90. The van der Waals surface area contributed by atoms with E-state index < -0.39 is 0 Å². The van der Waals surface area contributed by atoms with Crippen LogP contribution in [0, 0.1) is 0 Å². The normalized spacial score (nSPS) is 20.3. The summed E-state index contributed by atoms with van der Waals surface area (Å²) < 4.78 is 1.83. The highest BCUT2D eigenvalue weighted by Crippen LogP contribution is 2.41. The lowest BCUT2D eigenvalue weighted by atomic mass is 10.1. The molecule has 1 amide bonds. The van der Waals surface area contributed by atoms with Crippen molar-refractivity contribution in [1.82, 2.24) is 15.1 Å². The summed E-state index contributed by atoms with van der Waals surface area (Å²) in [6.45, 7) is 2.84. The number of rotatable bonds is 5. The predicted molar refractivity (Wildman–Crippen MR) is 82.3 cm³/mol. The number of hydrogen-bond donors (Lipinski definition) is 1. The highest BCUT2D eigenvalue weighted by molar-refractivity contribution is 6.30. The minimum absolute atomic E-state index is 0.0332. The number of halogens is 1. The van der Waals surface area contributed by atoms with Crippen LogP contribution in [0.5, 0.6) is 0 Å². The summed E-state index contributed by atoms with van der Waals surface area (Å²) in [5.74, 6) is 0.423. The fourth-order valence-electron chi connectivity index (χ4n) is 2.56. The Bertz CT molecular complexity index is 652. The minimum atomic E-state index is 0.0332. The predicted octanol–water partition coefficient (Wildman–Crippen LogP) is 2.77. The fourth-order valence-corrected chi connectivity index (χ4v) is 2.76. The van der Waals surface area contributed by atoms with Crippen molar-refractivity contribution in [2.24, 2.45) is 0 Å². The van der Waals surface area contributed by atoms with Crippen molar-refractivity contribution in [2.45, 2.75) is 38.3 Å². The van der Waals surface area contributed by atoms with Crippen LogP contribution in [0.4, 0.5) is 0 Å². The van der Waals surface area contributed by atoms with Crippen LogP contribution in [0.25, 0.3) is 0 Å². The van der Waals surface area contributed by atoms with Crippen LogP contribution in [0.1, 0.15) is 30.5 Å². The van der Waals surface area contributed by atoms with Crippen LogP contribution < -0.4 is 5.32 Å². The Hall–Kier alpha value is -1.81. The van der Waals surface area contributed by atoms with Gasteiger partial charge in [-0.25, -0.2) is 0 Å². The topological polar surface area (TPSA) is 46.9 Å². The van der Waals surface area contributed by atoms with Crippen LogP contribution in [-0.4, -0.2) is 21.7 Å². The van der Waals surface area contributed by atoms with Gasteiger partial charge in [-0.3, -0.25) is 9.48 Å². The minimum Gasteiger partial charge on any atom is -0.352 e. The van der Waals surface area contributed by atoms with Crippen LogP contribution >= 0.6 is 11.6 Å². The summed E-state index contributed by atoms with van der Waals surface area (Å²) in [4.78, 5) is 12.0. The lowest BCUT2D eigenvalue weighted by molar-refractivity contribution is -0.120. The van der Waals surface area contributed by atoms with Crippen molar-refractivity contribution in [1.29, 1.82) is 0 Å². The SMILES string of the molecule is CCn1ccc(CC(=O)N[C@@H]2C[C@H]2c2cccc(Cl)c2)n1. The van der Waals surface area contributed by atoms with E-state index in [4.69, 9.17) is 11.6 Å². The molecule has 4 nitrogen and oxygen atoms in total. The lowest BCUT2D eigenvalue weighted by Crippen LogP contribution is -2.28. The highest BCUT2D eigenvalue weighted by atomic mass is 35.5. The van der Waals surface area contributed by atoms with Crippen LogP contribution in [-0.2, 0) is 17.8 Å². The Morgan fingerprint density at radius 3 is 3.05 bits per heavy atom. The van der Waals surface area contributed by atoms with E-state index in [0.717, 1.165) is 23.7 Å². The van der Waals surface area contributed by atoms with Gasteiger partial charge in [0, 0.05) is 29.7 Å². The van der Waals surface area contributed by atoms with E-state index in [1.807, 2.05) is 42.1 Å². The molecule has 2 aromatic rings. The molecule has 1 saturated carbocycles. The van der Waals surface area contributed by atoms with Gasteiger partial charge in [-0.1, -0.05) is 23.7 Å². The number of benzene rings is 1. The van der Waals surface area contributed by atoms with Gasteiger partial charge in [0.1, 0.15) is 0 Å². The van der Waals surface area contributed by atoms with Gasteiger partial charge in [-0.05, 0) is 37.1 Å². The van der Waals surface area contributed by atoms with E-state index in [1.165, 1.54) is 5.56 Å². The van der Waals surface area contributed by atoms with E-state index in [2.05, 4.69) is 16.5 Å². The van der Waals surface area contributed by atoms with Gasteiger partial charge in [0.25, 0.3) is 0 Å². The number of aromatic nitrogens is 2. The molecule has 5 heteroatoms. The smallest absolute Gasteiger partial charge is 0.226 e. The maximum absolute atomic E-state index is 12.0. The first kappa shape index (κ1) is 14.1. The van der Waals surface area contributed by atoms with Crippen molar-refractivity contribution >= 4 is 17.5 Å². The van der Waals surface area contributed by atoms with Crippen molar-refractivity contribution in [3.8, 4) is 0 Å². The third kappa shape index (κ3) is 3.45. The van der Waals surface area contributed by atoms with Crippen molar-refractivity contribution in [2.75, 3.05) is 0 Å². The molecule has 21 heavy (non-hydrogen) atoms. The van der Waals surface area contributed by atoms with Crippen molar-refractivity contribution < 1.29 is 4.79 Å². The molecule has 2 atom stereocenters. The second-order valence-corrected chi connectivity index (χ2v) is 5.85. The first-order valence-electron chi connectivity index (χ1n) is 7.23. The Morgan fingerprint density at radius 2 is 2.33 bits per heavy atom. The maximum atomic E-state index is 12.0. The van der Waals surface area contributed by atoms with Gasteiger partial charge in [-0.15, -0.1) is 0 Å². The molecule has 1 N–H and O–H groups in total. The second-order valence-electron chi connectivity index (χ2n) is 5.41. The molecule has 1 aliphatic carbocycles. The van der Waals surface area contributed by atoms with Gasteiger partial charge in [0.2, 0.25) is 5.91 Å². The zero-order chi connectivity index (χ0) is 14.8. The summed E-state index contributed by atoms with van der Waals surface area (Å²) in [5, 5.41) is 8.13. The Balaban J connectivity index is 1.53. The van der Waals surface area contributed by atoms with Gasteiger partial charge in [0.15, 0.2) is 0 Å². The molecular weight excluding hydrogens is 286 g/mol. The molecule has 3 rings (SSSR count). The van der Waals surface area contributed by atoms with E-state index >= 15 is 0 Å². The molecule has 0 saturated heterocycles. The molecule has 1 fully saturated rings. The van der Waals surface area contributed by atoms with E-state index in [0.29, 0.717) is 12.3 Å². The number of nitrogens with one attached hydrogen (secondary N) is 1. The average molecular weight is 304 g/mol. The molecule has 1 aliphatic rings. The average Bonchev–Trinajstić information content (AvgIpc) is 3.07. The van der Waals surface area contributed by atoms with Crippen LogP contribution in [0.15, 0.2) is 36.5 Å². The summed E-state index contributed by atoms with van der Waals surface area (Å²) in [6, 6.07) is 9.97. The molecule has 0 unspecified atom stereocenters. The molecule has 1 aromatic carbocycles. The van der Waals surface area contributed by atoms with Crippen molar-refractivity contribution in [3.05, 3.63) is 52.8 Å². The molecule has 0 radical (unpaired) electrons. The number of carbonyl (C=O) groups excluding carboxylic acids is 1. The Kier molecular flexibility index (Phi) is 3.97. The van der Waals surface area contributed by atoms with Gasteiger partial charge in [-0.2, -0.15) is 5.10 Å². The third-order valence-electron chi connectivity index (χ3n) is 3.78. The molecule has 110 valence electrons. The number of carbonyl (C=O) groups is 1. The molecule has 0 aliphatic heterocycles. The zero-order valence-electron chi connectivity index (χ0n) is 11.9. The molecule has 0 bridgehead atoms. The first-order chi connectivity index (χ1) is 10.2. The van der Waals surface area contributed by atoms with Crippen LogP contribution in [0.3, 0.4) is 0 Å². The van der Waals surface area contributed by atoms with E-state index in [1.54, 1.807) is 0 Å². The molecular formula is C16H18ClN3O. The Labute approximate surface area is 129 Å². The standard InChI is InChI=1S/C16H18ClN3O/c1-2-20-7-6-13(19-20)9-16(21)18-15-10-14(15)11-4-3-5-12(17)8-11/h3-8,14-15H,2,9-10H2,1H3,(H,18,21)/t14-,15+/m0/s1. The van der Waals surface area contributed by atoms with Gasteiger partial charge < -0.3 is 5.32 Å². The number of amides is 1. The highest BCUT2D eigenvalue weighted by Gasteiger charge is 2.39. The number of nitrogens with zero attached hydrogens (tertiary/aromatic N) is 2. The van der Waals surface area contributed by atoms with Crippen LogP contribution in [0.2, 0.25) is 5.02 Å². The molecule has 1 heterocycles. The summed E-state index contributed by atoms with van der Waals surface area (Å²) in [6.07, 6.45) is 3.22. The van der Waals surface area contributed by atoms with Gasteiger partial charge >= 0.3 is 0 Å². The Morgan fingerprint density at radius 1 is 1.48 bits per heavy atom. The van der Waals surface area contributed by atoms with E-state index in [-0.39, 0.29) is 11.9 Å². The van der Waals surface area contributed by atoms with Gasteiger partial charge in [0.05, 0.1) is 12.1 Å². The zero-order valence-corrected chi connectivity index (χ0v) is 12.7. The summed E-state index contributed by atoms with van der Waals surface area (Å²) in [5.41, 5.74) is 2.01. The number of aryl methyl sites for hydroxylation is 1. The third-order valence-corrected chi connectivity index (χ3v) is 4.01. The molecule has 0 spiro atoms. The monoisotopic (exact) mass is 303 g/mol. The molecule has 1 aromatic heterocycles. The van der Waals surface area contributed by atoms with E-state index in [9.17, 15) is 4.79 Å².